The molecule has 0 atom stereocenters. The average Bonchev–Trinajstić information content (AvgIpc) is 3.37. The predicted molar refractivity (Wildman–Crippen MR) is 93.3 cm³/mol. The topological polar surface area (TPSA) is 85.8 Å². The van der Waals surface area contributed by atoms with E-state index < -0.39 is 0 Å². The van der Waals surface area contributed by atoms with Gasteiger partial charge in [0, 0.05) is 30.0 Å². The van der Waals surface area contributed by atoms with Gasteiger partial charge in [0.25, 0.3) is 5.91 Å². The number of nitrogens with one attached hydrogen (secondary N) is 1. The number of pyridine rings is 1. The summed E-state index contributed by atoms with van der Waals surface area (Å²) in [6.45, 7) is 0.609. The lowest BCUT2D eigenvalue weighted by atomic mass is 10.3. The van der Waals surface area contributed by atoms with Crippen LogP contribution in [0.3, 0.4) is 0 Å². The number of furan rings is 1. The predicted octanol–water partition coefficient (Wildman–Crippen LogP) is 3.30. The molecule has 1 amide bonds. The summed E-state index contributed by atoms with van der Waals surface area (Å²) in [6, 6.07) is 9.18. The molecule has 8 heteroatoms. The zero-order valence-electron chi connectivity index (χ0n) is 13.0. The maximum Gasteiger partial charge on any atom is 0.276 e. The summed E-state index contributed by atoms with van der Waals surface area (Å²) in [4.78, 5) is 20.6. The molecule has 25 heavy (non-hydrogen) atoms. The number of anilines is 1. The maximum absolute atomic E-state index is 12.3. The van der Waals surface area contributed by atoms with Crippen LogP contribution in [0.1, 0.15) is 16.1 Å². The third kappa shape index (κ3) is 3.48. The quantitative estimate of drug-likeness (QED) is 0.596. The number of rotatable bonds is 5. The van der Waals surface area contributed by atoms with Gasteiger partial charge < -0.3 is 9.73 Å². The second-order valence-corrected chi connectivity index (χ2v) is 6.08. The molecule has 124 valence electrons. The summed E-state index contributed by atoms with van der Waals surface area (Å²) >= 11 is 1.36. The highest BCUT2D eigenvalue weighted by molar-refractivity contribution is 7.13. The second kappa shape index (κ2) is 6.70. The van der Waals surface area contributed by atoms with Gasteiger partial charge in [-0.15, -0.1) is 11.3 Å². The van der Waals surface area contributed by atoms with Gasteiger partial charge in [-0.1, -0.05) is 0 Å². The minimum Gasteiger partial charge on any atom is -0.462 e. The van der Waals surface area contributed by atoms with Crippen molar-refractivity contribution >= 4 is 23.1 Å². The molecule has 0 aromatic carbocycles. The van der Waals surface area contributed by atoms with Crippen molar-refractivity contribution in [3.63, 3.8) is 0 Å². The molecular weight excluding hydrogens is 338 g/mol. The van der Waals surface area contributed by atoms with Crippen molar-refractivity contribution in [2.45, 2.75) is 6.54 Å². The molecular formula is C17H13N5O2S. The van der Waals surface area contributed by atoms with E-state index in [1.165, 1.54) is 11.3 Å². The Morgan fingerprint density at radius 3 is 2.92 bits per heavy atom. The molecule has 0 spiro atoms. The largest absolute Gasteiger partial charge is 0.462 e. The molecule has 4 aromatic heterocycles. The number of aromatic nitrogens is 4. The Morgan fingerprint density at radius 1 is 1.24 bits per heavy atom. The van der Waals surface area contributed by atoms with E-state index in [-0.39, 0.29) is 5.91 Å². The first kappa shape index (κ1) is 15.3. The first-order chi connectivity index (χ1) is 12.3. The van der Waals surface area contributed by atoms with Crippen LogP contribution in [0, 0.1) is 0 Å². The van der Waals surface area contributed by atoms with Gasteiger partial charge >= 0.3 is 0 Å². The van der Waals surface area contributed by atoms with Crippen LogP contribution >= 0.6 is 11.3 Å². The third-order valence-electron chi connectivity index (χ3n) is 3.44. The number of thiazole rings is 1. The molecule has 1 N–H and O–H groups in total. The van der Waals surface area contributed by atoms with Crippen LogP contribution in [0.15, 0.2) is 65.0 Å². The maximum atomic E-state index is 12.3. The lowest BCUT2D eigenvalue weighted by molar-refractivity contribution is 0.102. The number of carbonyl (C=O) groups is 1. The van der Waals surface area contributed by atoms with Crippen molar-refractivity contribution in [2.24, 2.45) is 0 Å². The Balaban J connectivity index is 1.43. The highest BCUT2D eigenvalue weighted by Crippen LogP contribution is 2.24. The molecule has 0 aliphatic heterocycles. The first-order valence-corrected chi connectivity index (χ1v) is 8.39. The molecule has 0 fully saturated rings. The molecule has 0 aliphatic carbocycles. The number of nitrogens with zero attached hydrogens (tertiary/aromatic N) is 4. The molecule has 4 aromatic rings. The summed E-state index contributed by atoms with van der Waals surface area (Å²) in [5.74, 6) is 0.820. The summed E-state index contributed by atoms with van der Waals surface area (Å²) < 4.78 is 7.04. The van der Waals surface area contributed by atoms with Crippen LogP contribution in [0.4, 0.5) is 5.82 Å². The molecule has 0 saturated carbocycles. The molecule has 0 unspecified atom stereocenters. The standard InChI is InChI=1S/C17H13N5O2S/c23-16(13-11-25-17(19-13)14-2-1-9-24-14)20-15-5-8-22(21-15)10-12-3-6-18-7-4-12/h1-9,11H,10H2,(H,20,21,23). The Kier molecular flexibility index (Phi) is 4.09. The van der Waals surface area contributed by atoms with Crippen molar-refractivity contribution in [2.75, 3.05) is 5.32 Å². The van der Waals surface area contributed by atoms with Crippen LogP contribution in [0.25, 0.3) is 10.8 Å². The van der Waals surface area contributed by atoms with Crippen LogP contribution in [-0.4, -0.2) is 25.7 Å². The van der Waals surface area contributed by atoms with Gasteiger partial charge in [-0.05, 0) is 29.8 Å². The number of hydrogen-bond donors (Lipinski definition) is 1. The van der Waals surface area contributed by atoms with Gasteiger partial charge in [0.15, 0.2) is 16.6 Å². The molecule has 0 radical (unpaired) electrons. The monoisotopic (exact) mass is 351 g/mol. The zero-order valence-corrected chi connectivity index (χ0v) is 13.8. The van der Waals surface area contributed by atoms with Gasteiger partial charge in [-0.2, -0.15) is 5.10 Å². The van der Waals surface area contributed by atoms with E-state index in [9.17, 15) is 4.79 Å². The van der Waals surface area contributed by atoms with E-state index in [1.807, 2.05) is 18.3 Å². The summed E-state index contributed by atoms with van der Waals surface area (Å²) in [6.07, 6.45) is 6.86. The first-order valence-electron chi connectivity index (χ1n) is 7.51. The summed E-state index contributed by atoms with van der Waals surface area (Å²) in [5, 5.41) is 9.46. The van der Waals surface area contributed by atoms with Crippen LogP contribution in [0.2, 0.25) is 0 Å². The lowest BCUT2D eigenvalue weighted by Crippen LogP contribution is -2.13. The fourth-order valence-electron chi connectivity index (χ4n) is 2.26. The molecule has 0 saturated heterocycles. The van der Waals surface area contributed by atoms with Gasteiger partial charge in [0.2, 0.25) is 0 Å². The van der Waals surface area contributed by atoms with E-state index in [0.29, 0.717) is 28.8 Å². The Morgan fingerprint density at radius 2 is 2.12 bits per heavy atom. The average molecular weight is 351 g/mol. The molecule has 0 bridgehead atoms. The summed E-state index contributed by atoms with van der Waals surface area (Å²) in [5.41, 5.74) is 1.42. The van der Waals surface area contributed by atoms with Gasteiger partial charge in [-0.25, -0.2) is 4.98 Å². The van der Waals surface area contributed by atoms with E-state index in [4.69, 9.17) is 4.42 Å². The number of amides is 1. The summed E-state index contributed by atoms with van der Waals surface area (Å²) in [7, 11) is 0. The molecule has 4 rings (SSSR count). The highest BCUT2D eigenvalue weighted by Gasteiger charge is 2.14. The van der Waals surface area contributed by atoms with Gasteiger partial charge in [0.05, 0.1) is 12.8 Å². The Hall–Kier alpha value is -3.26. The van der Waals surface area contributed by atoms with Crippen molar-refractivity contribution in [3.8, 4) is 10.8 Å². The Bertz CT molecular complexity index is 976. The normalized spacial score (nSPS) is 10.7. The zero-order chi connectivity index (χ0) is 17.1. The minimum atomic E-state index is -0.303. The van der Waals surface area contributed by atoms with Crippen LogP contribution in [0.5, 0.6) is 0 Å². The van der Waals surface area contributed by atoms with Crippen molar-refractivity contribution in [3.05, 3.63) is 71.8 Å². The van der Waals surface area contributed by atoms with E-state index >= 15 is 0 Å². The third-order valence-corrected chi connectivity index (χ3v) is 4.30. The lowest BCUT2D eigenvalue weighted by Gasteiger charge is -2.01. The van der Waals surface area contributed by atoms with E-state index in [1.54, 1.807) is 46.9 Å². The van der Waals surface area contributed by atoms with Gasteiger partial charge in [0.1, 0.15) is 5.69 Å². The second-order valence-electron chi connectivity index (χ2n) is 5.22. The number of hydrogen-bond acceptors (Lipinski definition) is 6. The van der Waals surface area contributed by atoms with E-state index in [0.717, 1.165) is 5.56 Å². The van der Waals surface area contributed by atoms with Crippen LogP contribution in [-0.2, 0) is 6.54 Å². The highest BCUT2D eigenvalue weighted by atomic mass is 32.1. The molecule has 0 aliphatic rings. The van der Waals surface area contributed by atoms with Gasteiger partial charge in [-0.3, -0.25) is 14.5 Å². The van der Waals surface area contributed by atoms with Crippen molar-refractivity contribution in [1.29, 1.82) is 0 Å². The Labute approximate surface area is 147 Å². The molecule has 4 heterocycles. The fourth-order valence-corrected chi connectivity index (χ4v) is 3.03. The smallest absolute Gasteiger partial charge is 0.276 e. The van der Waals surface area contributed by atoms with E-state index in [2.05, 4.69) is 20.4 Å². The minimum absolute atomic E-state index is 0.303. The number of carbonyl (C=O) groups excluding carboxylic acids is 1. The van der Waals surface area contributed by atoms with Crippen molar-refractivity contribution in [1.82, 2.24) is 19.7 Å². The SMILES string of the molecule is O=C(Nc1ccn(Cc2ccncc2)n1)c1csc(-c2ccco2)n1. The molecule has 7 nitrogen and oxygen atoms in total. The fraction of sp³-hybridized carbons (Fsp3) is 0.0588. The van der Waals surface area contributed by atoms with Crippen molar-refractivity contribution < 1.29 is 9.21 Å². The van der Waals surface area contributed by atoms with Crippen LogP contribution < -0.4 is 5.32 Å².